The van der Waals surface area contributed by atoms with Crippen molar-refractivity contribution in [2.45, 2.75) is 13.5 Å². The minimum Gasteiger partial charge on any atom is -0.464 e. The topological polar surface area (TPSA) is 28.4 Å². The number of furan rings is 1. The SMILES string of the molecule is Cc1ccc(CN(C)C(=S)Nc2ccccc2F)o1. The lowest BCUT2D eigenvalue weighted by molar-refractivity contribution is 0.403. The van der Waals surface area contributed by atoms with Crippen molar-refractivity contribution in [3.63, 3.8) is 0 Å². The van der Waals surface area contributed by atoms with Crippen LogP contribution in [-0.2, 0) is 6.54 Å². The molecule has 0 aliphatic heterocycles. The van der Waals surface area contributed by atoms with E-state index < -0.39 is 0 Å². The van der Waals surface area contributed by atoms with Crippen LogP contribution in [0.1, 0.15) is 11.5 Å². The van der Waals surface area contributed by atoms with Gasteiger partial charge in [-0.05, 0) is 43.4 Å². The van der Waals surface area contributed by atoms with E-state index in [1.165, 1.54) is 6.07 Å². The van der Waals surface area contributed by atoms with Gasteiger partial charge in [-0.2, -0.15) is 0 Å². The summed E-state index contributed by atoms with van der Waals surface area (Å²) in [7, 11) is 1.83. The van der Waals surface area contributed by atoms with Gasteiger partial charge in [-0.3, -0.25) is 0 Å². The fraction of sp³-hybridized carbons (Fsp3) is 0.214. The Hall–Kier alpha value is -1.88. The lowest BCUT2D eigenvalue weighted by atomic mass is 10.3. The molecule has 0 atom stereocenters. The first-order chi connectivity index (χ1) is 9.06. The monoisotopic (exact) mass is 278 g/mol. The first-order valence-corrected chi connectivity index (χ1v) is 6.29. The van der Waals surface area contributed by atoms with Gasteiger partial charge in [-0.1, -0.05) is 12.1 Å². The molecule has 1 heterocycles. The van der Waals surface area contributed by atoms with Crippen LogP contribution in [0.2, 0.25) is 0 Å². The molecule has 0 aliphatic rings. The molecular formula is C14H15FN2OS. The van der Waals surface area contributed by atoms with E-state index in [-0.39, 0.29) is 5.82 Å². The molecule has 0 spiro atoms. The molecule has 2 aromatic rings. The fourth-order valence-electron chi connectivity index (χ4n) is 1.65. The molecule has 0 fully saturated rings. The third kappa shape index (κ3) is 3.54. The molecule has 0 aliphatic carbocycles. The molecule has 1 aromatic heterocycles. The maximum Gasteiger partial charge on any atom is 0.173 e. The Morgan fingerprint density at radius 2 is 2.05 bits per heavy atom. The van der Waals surface area contributed by atoms with Gasteiger partial charge in [0.05, 0.1) is 12.2 Å². The molecule has 0 bridgehead atoms. The van der Waals surface area contributed by atoms with E-state index in [4.69, 9.17) is 16.6 Å². The quantitative estimate of drug-likeness (QED) is 0.869. The molecule has 0 radical (unpaired) electrons. The molecule has 19 heavy (non-hydrogen) atoms. The van der Waals surface area contributed by atoms with Crippen molar-refractivity contribution in [2.75, 3.05) is 12.4 Å². The Labute approximate surface area is 117 Å². The first-order valence-electron chi connectivity index (χ1n) is 5.88. The van der Waals surface area contributed by atoms with Crippen LogP contribution >= 0.6 is 12.2 Å². The number of nitrogens with one attached hydrogen (secondary N) is 1. The zero-order valence-corrected chi connectivity index (χ0v) is 11.6. The Bertz CT molecular complexity index is 582. The summed E-state index contributed by atoms with van der Waals surface area (Å²) < 4.78 is 19.0. The summed E-state index contributed by atoms with van der Waals surface area (Å²) in [6, 6.07) is 10.2. The van der Waals surface area contributed by atoms with Crippen molar-refractivity contribution in [1.82, 2.24) is 4.90 Å². The minimum atomic E-state index is -0.327. The number of anilines is 1. The van der Waals surface area contributed by atoms with Crippen molar-refractivity contribution in [2.24, 2.45) is 0 Å². The van der Waals surface area contributed by atoms with Gasteiger partial charge >= 0.3 is 0 Å². The highest BCUT2D eigenvalue weighted by Crippen LogP contribution is 2.14. The van der Waals surface area contributed by atoms with Crippen molar-refractivity contribution in [3.8, 4) is 0 Å². The molecule has 100 valence electrons. The molecule has 3 nitrogen and oxygen atoms in total. The third-order valence-corrected chi connectivity index (χ3v) is 3.06. The number of para-hydroxylation sites is 1. The number of nitrogens with zero attached hydrogens (tertiary/aromatic N) is 1. The van der Waals surface area contributed by atoms with Crippen molar-refractivity contribution < 1.29 is 8.81 Å². The predicted molar refractivity (Wildman–Crippen MR) is 77.5 cm³/mol. The van der Waals surface area contributed by atoms with Crippen LogP contribution in [-0.4, -0.2) is 17.1 Å². The predicted octanol–water partition coefficient (Wildman–Crippen LogP) is 3.56. The smallest absolute Gasteiger partial charge is 0.173 e. The molecule has 0 amide bonds. The van der Waals surface area contributed by atoms with Gasteiger partial charge in [-0.25, -0.2) is 4.39 Å². The Kier molecular flexibility index (Phi) is 4.16. The summed E-state index contributed by atoms with van der Waals surface area (Å²) in [4.78, 5) is 1.79. The highest BCUT2D eigenvalue weighted by molar-refractivity contribution is 7.80. The van der Waals surface area contributed by atoms with E-state index in [0.29, 0.717) is 17.3 Å². The second-order valence-electron chi connectivity index (χ2n) is 4.28. The molecule has 0 saturated heterocycles. The van der Waals surface area contributed by atoms with Crippen LogP contribution in [0.15, 0.2) is 40.8 Å². The second kappa shape index (κ2) is 5.84. The van der Waals surface area contributed by atoms with Crippen LogP contribution < -0.4 is 5.32 Å². The van der Waals surface area contributed by atoms with Crippen molar-refractivity contribution >= 4 is 23.0 Å². The second-order valence-corrected chi connectivity index (χ2v) is 4.67. The Morgan fingerprint density at radius 3 is 2.68 bits per heavy atom. The van der Waals surface area contributed by atoms with E-state index in [2.05, 4.69) is 5.32 Å². The van der Waals surface area contributed by atoms with E-state index >= 15 is 0 Å². The third-order valence-electron chi connectivity index (χ3n) is 2.65. The fourth-order valence-corrected chi connectivity index (χ4v) is 1.82. The first kappa shape index (κ1) is 13.5. The number of hydrogen-bond acceptors (Lipinski definition) is 2. The largest absolute Gasteiger partial charge is 0.464 e. The molecule has 5 heteroatoms. The normalized spacial score (nSPS) is 10.3. The lowest BCUT2D eigenvalue weighted by Gasteiger charge is -2.20. The summed E-state index contributed by atoms with van der Waals surface area (Å²) in [5.74, 6) is 1.35. The van der Waals surface area contributed by atoms with E-state index in [0.717, 1.165) is 11.5 Å². The number of rotatable bonds is 3. The summed E-state index contributed by atoms with van der Waals surface area (Å²) >= 11 is 5.23. The Balaban J connectivity index is 1.98. The van der Waals surface area contributed by atoms with Gasteiger partial charge < -0.3 is 14.6 Å². The van der Waals surface area contributed by atoms with Crippen LogP contribution in [0, 0.1) is 12.7 Å². The zero-order chi connectivity index (χ0) is 13.8. The lowest BCUT2D eigenvalue weighted by Crippen LogP contribution is -2.30. The average molecular weight is 278 g/mol. The standard InChI is InChI=1S/C14H15FN2OS/c1-10-7-8-11(18-10)9-17(2)14(19)16-13-6-4-3-5-12(13)15/h3-8H,9H2,1-2H3,(H,16,19). The minimum absolute atomic E-state index is 0.327. The van der Waals surface area contributed by atoms with Crippen molar-refractivity contribution in [3.05, 3.63) is 53.7 Å². The number of hydrogen-bond donors (Lipinski definition) is 1. The van der Waals surface area contributed by atoms with Gasteiger partial charge in [0.25, 0.3) is 0 Å². The highest BCUT2D eigenvalue weighted by Gasteiger charge is 2.09. The van der Waals surface area contributed by atoms with Gasteiger partial charge in [0, 0.05) is 7.05 Å². The van der Waals surface area contributed by atoms with Gasteiger partial charge in [0.2, 0.25) is 0 Å². The van der Waals surface area contributed by atoms with E-state index in [1.54, 1.807) is 23.1 Å². The van der Waals surface area contributed by atoms with Gasteiger partial charge in [0.1, 0.15) is 17.3 Å². The maximum atomic E-state index is 13.5. The number of aryl methyl sites for hydroxylation is 1. The molecule has 2 rings (SSSR count). The van der Waals surface area contributed by atoms with Crippen LogP contribution in [0.3, 0.4) is 0 Å². The van der Waals surface area contributed by atoms with Crippen LogP contribution in [0.25, 0.3) is 0 Å². The number of halogens is 1. The zero-order valence-electron chi connectivity index (χ0n) is 10.8. The Morgan fingerprint density at radius 1 is 1.32 bits per heavy atom. The van der Waals surface area contributed by atoms with E-state index in [9.17, 15) is 4.39 Å². The van der Waals surface area contributed by atoms with Crippen molar-refractivity contribution in [1.29, 1.82) is 0 Å². The van der Waals surface area contributed by atoms with Gasteiger partial charge in [-0.15, -0.1) is 0 Å². The molecule has 1 aromatic carbocycles. The molecule has 1 N–H and O–H groups in total. The highest BCUT2D eigenvalue weighted by atomic mass is 32.1. The summed E-state index contributed by atoms with van der Waals surface area (Å²) in [6.07, 6.45) is 0. The molecule has 0 unspecified atom stereocenters. The van der Waals surface area contributed by atoms with Gasteiger partial charge in [0.15, 0.2) is 5.11 Å². The summed E-state index contributed by atoms with van der Waals surface area (Å²) in [6.45, 7) is 2.42. The van der Waals surface area contributed by atoms with Crippen LogP contribution in [0.4, 0.5) is 10.1 Å². The number of benzene rings is 1. The molecular weight excluding hydrogens is 263 g/mol. The summed E-state index contributed by atoms with van der Waals surface area (Å²) in [5, 5.41) is 3.32. The summed E-state index contributed by atoms with van der Waals surface area (Å²) in [5.41, 5.74) is 0.370. The molecule has 0 saturated carbocycles. The maximum absolute atomic E-state index is 13.5. The average Bonchev–Trinajstić information content (AvgIpc) is 2.77. The van der Waals surface area contributed by atoms with Crippen LogP contribution in [0.5, 0.6) is 0 Å². The van der Waals surface area contributed by atoms with E-state index in [1.807, 2.05) is 26.1 Å². The number of thiocarbonyl (C=S) groups is 1.